The minimum atomic E-state index is -0.981. The fourth-order valence-electron chi connectivity index (χ4n) is 3.69. The minimum absolute atomic E-state index is 0.228. The van der Waals surface area contributed by atoms with Gasteiger partial charge in [-0.3, -0.25) is 19.7 Å². The van der Waals surface area contributed by atoms with E-state index in [4.69, 9.17) is 19.7 Å². The van der Waals surface area contributed by atoms with Crippen LogP contribution in [0.4, 0.5) is 5.82 Å². The van der Waals surface area contributed by atoms with Gasteiger partial charge < -0.3 is 19.3 Å². The number of carboxylic acid groups (broad SMARTS) is 1. The van der Waals surface area contributed by atoms with Crippen LogP contribution >= 0.6 is 11.3 Å². The van der Waals surface area contributed by atoms with Crippen molar-refractivity contribution in [1.82, 2.24) is 24.4 Å². The second-order valence-corrected chi connectivity index (χ2v) is 9.18. The molecule has 0 aromatic carbocycles. The van der Waals surface area contributed by atoms with Crippen LogP contribution in [0.2, 0.25) is 0 Å². The molecule has 3 aromatic heterocycles. The lowest BCUT2D eigenvalue weighted by Crippen LogP contribution is -2.37. The van der Waals surface area contributed by atoms with Crippen molar-refractivity contribution in [2.75, 3.05) is 44.9 Å². The van der Waals surface area contributed by atoms with Gasteiger partial charge in [-0.1, -0.05) is 0 Å². The number of aryl methyl sites for hydroxylation is 1. The Morgan fingerprint density at radius 1 is 1.31 bits per heavy atom. The number of fused-ring (bicyclic) bond motifs is 1. The molecule has 1 N–H and O–H groups in total. The Labute approximate surface area is 211 Å². The molecule has 0 radical (unpaired) electrons. The summed E-state index contributed by atoms with van der Waals surface area (Å²) < 4.78 is 7.42. The molecular weight excluding hydrogens is 484 g/mol. The highest BCUT2D eigenvalue weighted by atomic mass is 32.1. The quantitative estimate of drug-likeness (QED) is 0.246. The number of aromatic nitrogens is 4. The number of hydrogen-bond donors (Lipinski definition) is 1. The normalized spacial score (nSPS) is 14.8. The second kappa shape index (κ2) is 11.3. The Morgan fingerprint density at radius 3 is 2.75 bits per heavy atom. The lowest BCUT2D eigenvalue weighted by atomic mass is 10.3. The molecule has 4 heterocycles. The van der Waals surface area contributed by atoms with E-state index in [1.54, 1.807) is 12.1 Å². The summed E-state index contributed by atoms with van der Waals surface area (Å²) in [4.78, 5) is 49.6. The van der Waals surface area contributed by atoms with E-state index in [-0.39, 0.29) is 4.88 Å². The van der Waals surface area contributed by atoms with Crippen molar-refractivity contribution in [3.63, 3.8) is 0 Å². The van der Waals surface area contributed by atoms with Gasteiger partial charge in [0.2, 0.25) is 0 Å². The maximum Gasteiger partial charge on any atom is 0.345 e. The molecule has 0 unspecified atom stereocenters. The minimum Gasteiger partial charge on any atom is -0.477 e. The molecule has 1 aliphatic heterocycles. The summed E-state index contributed by atoms with van der Waals surface area (Å²) in [6.07, 6.45) is 3.46. The van der Waals surface area contributed by atoms with E-state index in [2.05, 4.69) is 21.6 Å². The van der Waals surface area contributed by atoms with Crippen molar-refractivity contribution in [2.45, 2.75) is 6.54 Å². The third-order valence-electron chi connectivity index (χ3n) is 5.49. The molecule has 0 atom stereocenters. The molecule has 0 saturated carbocycles. The maximum absolute atomic E-state index is 11.4. The molecular formula is C23H26N8O4S. The summed E-state index contributed by atoms with van der Waals surface area (Å²) >= 11 is 1.14. The van der Waals surface area contributed by atoms with E-state index < -0.39 is 5.97 Å². The highest BCUT2D eigenvalue weighted by Gasteiger charge is 2.23. The van der Waals surface area contributed by atoms with Gasteiger partial charge in [0.1, 0.15) is 10.7 Å². The Kier molecular flexibility index (Phi) is 7.93. The molecule has 188 valence electrons. The Morgan fingerprint density at radius 2 is 2.08 bits per heavy atom. The van der Waals surface area contributed by atoms with Gasteiger partial charge in [-0.2, -0.15) is 0 Å². The zero-order chi connectivity index (χ0) is 25.7. The Balaban J connectivity index is 1.67. The topological polar surface area (TPSA) is 138 Å². The second-order valence-electron chi connectivity index (χ2n) is 8.10. The SMILES string of the molecule is C=N/C=C(C=O)\C=N/CN(C)Cc1nc2c(N3CCOCC3)nc(-c3ccc(C(=O)O)s3)nc2n1C. The molecule has 0 spiro atoms. The fourth-order valence-corrected chi connectivity index (χ4v) is 4.47. The summed E-state index contributed by atoms with van der Waals surface area (Å²) in [7, 11) is 3.79. The Hall–Kier alpha value is -3.81. The van der Waals surface area contributed by atoms with Crippen LogP contribution in [0.3, 0.4) is 0 Å². The lowest BCUT2D eigenvalue weighted by molar-refractivity contribution is -0.104. The van der Waals surface area contributed by atoms with Gasteiger partial charge in [0.15, 0.2) is 29.1 Å². The van der Waals surface area contributed by atoms with Crippen LogP contribution in [0.5, 0.6) is 0 Å². The first-order chi connectivity index (χ1) is 17.4. The van der Waals surface area contributed by atoms with E-state index in [1.165, 1.54) is 12.4 Å². The van der Waals surface area contributed by atoms with Crippen molar-refractivity contribution in [3.8, 4) is 10.7 Å². The number of carbonyl (C=O) groups is 2. The third-order valence-corrected chi connectivity index (χ3v) is 6.56. The molecule has 12 nitrogen and oxygen atoms in total. The fraction of sp³-hybridized carbons (Fsp3) is 0.348. The molecule has 1 fully saturated rings. The van der Waals surface area contributed by atoms with Gasteiger partial charge >= 0.3 is 5.97 Å². The van der Waals surface area contributed by atoms with E-state index in [0.29, 0.717) is 79.1 Å². The van der Waals surface area contributed by atoms with Gasteiger partial charge in [-0.15, -0.1) is 11.3 Å². The lowest BCUT2D eigenvalue weighted by Gasteiger charge is -2.28. The number of carbonyl (C=O) groups excluding carboxylic acids is 1. The molecule has 13 heteroatoms. The van der Waals surface area contributed by atoms with E-state index in [1.807, 2.05) is 23.6 Å². The smallest absolute Gasteiger partial charge is 0.345 e. The van der Waals surface area contributed by atoms with Gasteiger partial charge in [0.05, 0.1) is 36.9 Å². The number of thiophene rings is 1. The van der Waals surface area contributed by atoms with Crippen molar-refractivity contribution in [3.05, 3.63) is 34.6 Å². The van der Waals surface area contributed by atoms with Crippen LogP contribution in [0.15, 0.2) is 33.9 Å². The van der Waals surface area contributed by atoms with Crippen LogP contribution in [0.25, 0.3) is 21.9 Å². The zero-order valence-corrected chi connectivity index (χ0v) is 20.8. The largest absolute Gasteiger partial charge is 0.477 e. The van der Waals surface area contributed by atoms with E-state index in [9.17, 15) is 14.7 Å². The van der Waals surface area contributed by atoms with Crippen LogP contribution in [0.1, 0.15) is 15.5 Å². The number of carboxylic acids is 1. The number of rotatable bonds is 10. The number of ether oxygens (including phenoxy) is 1. The average molecular weight is 511 g/mol. The molecule has 0 amide bonds. The standard InChI is InChI=1S/C23H26N8O4S/c1-24-10-15(13-32)11-25-14-29(2)12-18-26-19-21(30(18)3)27-20(16-4-5-17(36-16)23(33)34)28-22(19)31-6-8-35-9-7-31/h4-5,10-11,13H,1,6-9,12,14H2,2-3H3,(H,33,34)/b15-10+,25-11-. The Bertz CT molecular complexity index is 1340. The van der Waals surface area contributed by atoms with Crippen molar-refractivity contribution in [1.29, 1.82) is 0 Å². The zero-order valence-electron chi connectivity index (χ0n) is 20.0. The number of hydrogen-bond acceptors (Lipinski definition) is 11. The number of aldehydes is 1. The number of morpholine rings is 1. The van der Waals surface area contributed by atoms with Crippen LogP contribution < -0.4 is 4.90 Å². The van der Waals surface area contributed by atoms with Gasteiger partial charge in [-0.05, 0) is 25.9 Å². The van der Waals surface area contributed by atoms with E-state index in [0.717, 1.165) is 17.2 Å². The molecule has 36 heavy (non-hydrogen) atoms. The molecule has 3 aromatic rings. The molecule has 1 aliphatic rings. The van der Waals surface area contributed by atoms with Gasteiger partial charge in [-0.25, -0.2) is 19.7 Å². The summed E-state index contributed by atoms with van der Waals surface area (Å²) in [6.45, 7) is 6.66. The summed E-state index contributed by atoms with van der Waals surface area (Å²) in [5.74, 6) is 0.938. The summed E-state index contributed by atoms with van der Waals surface area (Å²) in [5, 5.41) is 9.33. The number of aromatic carboxylic acids is 1. The van der Waals surface area contributed by atoms with Crippen LogP contribution in [-0.4, -0.2) is 94.7 Å². The predicted molar refractivity (Wildman–Crippen MR) is 138 cm³/mol. The third kappa shape index (κ3) is 5.53. The number of nitrogens with zero attached hydrogens (tertiary/aromatic N) is 8. The van der Waals surface area contributed by atoms with Crippen molar-refractivity contribution < 1.29 is 19.4 Å². The first-order valence-electron chi connectivity index (χ1n) is 11.1. The summed E-state index contributed by atoms with van der Waals surface area (Å²) in [5.41, 5.74) is 1.66. The highest BCUT2D eigenvalue weighted by Crippen LogP contribution is 2.31. The summed E-state index contributed by atoms with van der Waals surface area (Å²) in [6, 6.07) is 3.29. The first kappa shape index (κ1) is 25.3. The number of allylic oxidation sites excluding steroid dienone is 1. The predicted octanol–water partition coefficient (Wildman–Crippen LogP) is 1.87. The van der Waals surface area contributed by atoms with E-state index >= 15 is 0 Å². The first-order valence-corrected chi connectivity index (χ1v) is 11.9. The van der Waals surface area contributed by atoms with Crippen LogP contribution in [-0.2, 0) is 23.1 Å². The van der Waals surface area contributed by atoms with Crippen molar-refractivity contribution >= 4 is 53.5 Å². The average Bonchev–Trinajstić information content (AvgIpc) is 3.49. The molecule has 4 rings (SSSR count). The molecule has 0 aliphatic carbocycles. The number of anilines is 1. The number of imidazole rings is 1. The van der Waals surface area contributed by atoms with Gasteiger partial charge in [0.25, 0.3) is 0 Å². The number of aliphatic imine (C=N–C) groups is 2. The van der Waals surface area contributed by atoms with Crippen molar-refractivity contribution in [2.24, 2.45) is 17.0 Å². The van der Waals surface area contributed by atoms with Gasteiger partial charge in [0, 0.05) is 32.6 Å². The van der Waals surface area contributed by atoms with Crippen LogP contribution in [0, 0.1) is 0 Å². The maximum atomic E-state index is 11.4. The highest BCUT2D eigenvalue weighted by molar-refractivity contribution is 7.17. The molecule has 0 bridgehead atoms. The molecule has 1 saturated heterocycles. The monoisotopic (exact) mass is 510 g/mol.